The molecule has 0 saturated carbocycles. The highest BCUT2D eigenvalue weighted by Crippen LogP contribution is 2.11. The number of allylic oxidation sites excluding steroid dienone is 4. The van der Waals surface area contributed by atoms with E-state index in [-0.39, 0.29) is 0 Å². The van der Waals surface area contributed by atoms with E-state index in [9.17, 15) is 0 Å². The second kappa shape index (κ2) is 12.0. The van der Waals surface area contributed by atoms with Gasteiger partial charge >= 0.3 is 0 Å². The van der Waals surface area contributed by atoms with Crippen LogP contribution in [0.4, 0.5) is 0 Å². The molecule has 0 aromatic heterocycles. The zero-order valence-electron chi connectivity index (χ0n) is 11.5. The molecule has 0 heterocycles. The highest BCUT2D eigenvalue weighted by molar-refractivity contribution is 4.83. The lowest BCUT2D eigenvalue weighted by molar-refractivity contribution is 0.632. The lowest BCUT2D eigenvalue weighted by Crippen LogP contribution is -1.80. The van der Waals surface area contributed by atoms with Gasteiger partial charge in [0.25, 0.3) is 0 Å². The predicted octanol–water partition coefficient (Wildman–Crippen LogP) is 6.18. The van der Waals surface area contributed by atoms with E-state index in [1.165, 1.54) is 83.5 Å². The van der Waals surface area contributed by atoms with Crippen molar-refractivity contribution >= 4 is 0 Å². The Hall–Kier alpha value is -0.520. The predicted molar refractivity (Wildman–Crippen MR) is 78.3 cm³/mol. The molecule has 0 aromatic rings. The molecule has 0 fully saturated rings. The summed E-state index contributed by atoms with van der Waals surface area (Å²) in [7, 11) is 0. The van der Waals surface area contributed by atoms with Crippen LogP contribution in [0, 0.1) is 0 Å². The van der Waals surface area contributed by atoms with Crippen LogP contribution in [0.3, 0.4) is 0 Å². The zero-order chi connectivity index (χ0) is 12.0. The van der Waals surface area contributed by atoms with E-state index in [1.54, 1.807) is 0 Å². The second-order valence-corrected chi connectivity index (χ2v) is 5.28. The molecule has 2 aliphatic rings. The van der Waals surface area contributed by atoms with Gasteiger partial charge in [-0.05, 0) is 51.4 Å². The third-order valence-corrected chi connectivity index (χ3v) is 3.57. The summed E-state index contributed by atoms with van der Waals surface area (Å²) < 4.78 is 0. The summed E-state index contributed by atoms with van der Waals surface area (Å²) in [6.45, 7) is 0. The molecule has 0 aromatic carbocycles. The van der Waals surface area contributed by atoms with Crippen molar-refractivity contribution in [3.05, 3.63) is 24.3 Å². The van der Waals surface area contributed by atoms with Crippen LogP contribution in [0.15, 0.2) is 24.3 Å². The summed E-state index contributed by atoms with van der Waals surface area (Å²) in [6.07, 6.45) is 27.5. The van der Waals surface area contributed by atoms with Gasteiger partial charge in [0.2, 0.25) is 0 Å². The number of hydrogen-bond donors (Lipinski definition) is 0. The van der Waals surface area contributed by atoms with Crippen molar-refractivity contribution < 1.29 is 0 Å². The smallest absolute Gasteiger partial charge is 0.0351 e. The van der Waals surface area contributed by atoms with Gasteiger partial charge in [0, 0.05) is 0 Å². The van der Waals surface area contributed by atoms with Crippen molar-refractivity contribution in [3.8, 4) is 0 Å². The first-order valence-corrected chi connectivity index (χ1v) is 7.80. The van der Waals surface area contributed by atoms with Crippen LogP contribution in [-0.4, -0.2) is 0 Å². The van der Waals surface area contributed by atoms with Gasteiger partial charge in [-0.3, -0.25) is 0 Å². The van der Waals surface area contributed by atoms with Gasteiger partial charge in [0.05, 0.1) is 0 Å². The monoisotopic (exact) mass is 234 g/mol. The summed E-state index contributed by atoms with van der Waals surface area (Å²) in [5.41, 5.74) is 0. The van der Waals surface area contributed by atoms with Crippen LogP contribution in [0.5, 0.6) is 0 Å². The van der Waals surface area contributed by atoms with Crippen molar-refractivity contribution in [1.29, 1.82) is 0 Å². The van der Waals surface area contributed by atoms with E-state index < -0.39 is 0 Å². The molecule has 0 aliphatic heterocycles. The van der Waals surface area contributed by atoms with Crippen molar-refractivity contribution in [3.63, 3.8) is 0 Å². The van der Waals surface area contributed by atoms with Crippen molar-refractivity contribution in [1.82, 2.24) is 0 Å². The van der Waals surface area contributed by atoms with Crippen LogP contribution < -0.4 is 0 Å². The first-order chi connectivity index (χ1) is 8.50. The molecule has 2 rings (SSSR count). The van der Waals surface area contributed by atoms with Gasteiger partial charge in [-0.15, -0.1) is 0 Å². The van der Waals surface area contributed by atoms with Crippen LogP contribution in [0.1, 0.15) is 83.5 Å². The molecule has 98 valence electrons. The molecule has 0 heteroatoms. The average molecular weight is 234 g/mol. The lowest BCUT2D eigenvalue weighted by Gasteiger charge is -2.00. The highest BCUT2D eigenvalue weighted by Gasteiger charge is 1.91. The van der Waals surface area contributed by atoms with Gasteiger partial charge in [0.15, 0.2) is 0 Å². The molecular weight excluding hydrogens is 204 g/mol. The molecule has 0 amide bonds. The fourth-order valence-electron chi connectivity index (χ4n) is 2.40. The van der Waals surface area contributed by atoms with Gasteiger partial charge in [0.1, 0.15) is 0 Å². The van der Waals surface area contributed by atoms with Crippen molar-refractivity contribution in [2.24, 2.45) is 0 Å². The maximum absolute atomic E-state index is 2.34. The summed E-state index contributed by atoms with van der Waals surface area (Å²) in [5.74, 6) is 0. The molecule has 0 saturated heterocycles. The topological polar surface area (TPSA) is 0 Å². The maximum atomic E-state index is 2.34. The van der Waals surface area contributed by atoms with Crippen molar-refractivity contribution in [2.75, 3.05) is 0 Å². The molecule has 0 spiro atoms. The summed E-state index contributed by atoms with van der Waals surface area (Å²) in [6, 6.07) is 0. The highest BCUT2D eigenvalue weighted by atomic mass is 14.0. The second-order valence-electron chi connectivity index (χ2n) is 5.28. The number of rotatable bonds is 0. The van der Waals surface area contributed by atoms with Gasteiger partial charge in [-0.2, -0.15) is 0 Å². The Kier molecular flexibility index (Phi) is 10.2. The van der Waals surface area contributed by atoms with Gasteiger partial charge < -0.3 is 0 Å². The van der Waals surface area contributed by atoms with E-state index in [1.807, 2.05) is 0 Å². The zero-order valence-corrected chi connectivity index (χ0v) is 11.5. The SMILES string of the molecule is C1=CCCCCCC1.C1=CCCCCCCC1. The Morgan fingerprint density at radius 2 is 0.529 bits per heavy atom. The number of hydrogen-bond acceptors (Lipinski definition) is 0. The van der Waals surface area contributed by atoms with Crippen molar-refractivity contribution in [2.45, 2.75) is 83.5 Å². The molecule has 0 N–H and O–H groups in total. The van der Waals surface area contributed by atoms with Crippen LogP contribution in [0.2, 0.25) is 0 Å². The van der Waals surface area contributed by atoms with Crippen LogP contribution >= 0.6 is 0 Å². The van der Waals surface area contributed by atoms with E-state index in [2.05, 4.69) is 24.3 Å². The molecule has 0 unspecified atom stereocenters. The molecule has 2 aliphatic carbocycles. The van der Waals surface area contributed by atoms with E-state index >= 15 is 0 Å². The lowest BCUT2D eigenvalue weighted by atomic mass is 10.1. The van der Waals surface area contributed by atoms with Crippen LogP contribution in [-0.2, 0) is 0 Å². The summed E-state index contributed by atoms with van der Waals surface area (Å²) in [4.78, 5) is 0. The fourth-order valence-corrected chi connectivity index (χ4v) is 2.40. The maximum Gasteiger partial charge on any atom is -0.0351 e. The van der Waals surface area contributed by atoms with E-state index in [0.717, 1.165) is 0 Å². The molecule has 0 radical (unpaired) electrons. The average Bonchev–Trinajstić information content (AvgIpc) is 2.43. The minimum Gasteiger partial charge on any atom is -0.0885 e. The van der Waals surface area contributed by atoms with Gasteiger partial charge in [-0.1, -0.05) is 56.4 Å². The van der Waals surface area contributed by atoms with Crippen LogP contribution in [0.25, 0.3) is 0 Å². The van der Waals surface area contributed by atoms with E-state index in [0.29, 0.717) is 0 Å². The molecule has 0 nitrogen and oxygen atoms in total. The third-order valence-electron chi connectivity index (χ3n) is 3.57. The molecule has 17 heavy (non-hydrogen) atoms. The molecular formula is C17H30. The standard InChI is InChI=1S/C9H16.C8H14/c1-2-4-6-8-9-7-5-3-1;1-2-4-6-8-7-5-3-1/h1-2H,3-9H2;1-2H,3-8H2. The first kappa shape index (κ1) is 14.5. The Morgan fingerprint density at radius 1 is 0.294 bits per heavy atom. The summed E-state index contributed by atoms with van der Waals surface area (Å²) in [5, 5.41) is 0. The first-order valence-electron chi connectivity index (χ1n) is 7.80. The normalized spacial score (nSPS) is 22.1. The summed E-state index contributed by atoms with van der Waals surface area (Å²) >= 11 is 0. The largest absolute Gasteiger partial charge is 0.0885 e. The quantitative estimate of drug-likeness (QED) is 0.439. The Bertz CT molecular complexity index is 180. The minimum atomic E-state index is 1.32. The Balaban J connectivity index is 0.000000171. The molecule has 0 bridgehead atoms. The molecule has 0 atom stereocenters. The Morgan fingerprint density at radius 3 is 0.824 bits per heavy atom. The minimum absolute atomic E-state index is 1.32. The fraction of sp³-hybridized carbons (Fsp3) is 0.765. The Labute approximate surface area is 108 Å². The van der Waals surface area contributed by atoms with E-state index in [4.69, 9.17) is 0 Å². The third kappa shape index (κ3) is 10.4. The van der Waals surface area contributed by atoms with Gasteiger partial charge in [-0.25, -0.2) is 0 Å².